The van der Waals surface area contributed by atoms with Gasteiger partial charge in [-0.3, -0.25) is 4.79 Å². The SMILES string of the molecule is Cc1cc(O)ccc1C(=O)C(O)c1ccccc1. The summed E-state index contributed by atoms with van der Waals surface area (Å²) in [6, 6.07) is 13.3. The summed E-state index contributed by atoms with van der Waals surface area (Å²) in [7, 11) is 0. The minimum Gasteiger partial charge on any atom is -0.508 e. The number of aromatic hydroxyl groups is 1. The van der Waals surface area contributed by atoms with Crippen LogP contribution in [0.15, 0.2) is 48.5 Å². The lowest BCUT2D eigenvalue weighted by Gasteiger charge is -2.11. The van der Waals surface area contributed by atoms with Crippen molar-refractivity contribution < 1.29 is 15.0 Å². The first kappa shape index (κ1) is 12.3. The average Bonchev–Trinajstić information content (AvgIpc) is 2.38. The molecule has 0 radical (unpaired) electrons. The molecule has 0 heterocycles. The van der Waals surface area contributed by atoms with Gasteiger partial charge in [0.15, 0.2) is 5.78 Å². The van der Waals surface area contributed by atoms with Gasteiger partial charge in [0.2, 0.25) is 0 Å². The molecule has 1 atom stereocenters. The highest BCUT2D eigenvalue weighted by Gasteiger charge is 2.20. The third kappa shape index (κ3) is 2.41. The fourth-order valence-electron chi connectivity index (χ4n) is 1.86. The van der Waals surface area contributed by atoms with Crippen molar-refractivity contribution in [2.75, 3.05) is 0 Å². The van der Waals surface area contributed by atoms with Crippen LogP contribution in [0.3, 0.4) is 0 Å². The highest BCUT2D eigenvalue weighted by atomic mass is 16.3. The third-order valence-electron chi connectivity index (χ3n) is 2.84. The minimum atomic E-state index is -1.17. The van der Waals surface area contributed by atoms with Crippen LogP contribution >= 0.6 is 0 Å². The maximum absolute atomic E-state index is 12.1. The Hall–Kier alpha value is -2.13. The number of aliphatic hydroxyl groups is 1. The second kappa shape index (κ2) is 5.02. The molecule has 0 fully saturated rings. The summed E-state index contributed by atoms with van der Waals surface area (Å²) < 4.78 is 0. The molecule has 2 N–H and O–H groups in total. The zero-order valence-corrected chi connectivity index (χ0v) is 10.00. The Morgan fingerprint density at radius 1 is 1.11 bits per heavy atom. The Balaban J connectivity index is 2.32. The van der Waals surface area contributed by atoms with E-state index in [9.17, 15) is 15.0 Å². The number of benzene rings is 2. The van der Waals surface area contributed by atoms with Crippen molar-refractivity contribution in [3.8, 4) is 5.75 Å². The van der Waals surface area contributed by atoms with Gasteiger partial charge in [0.05, 0.1) is 0 Å². The van der Waals surface area contributed by atoms with E-state index < -0.39 is 6.10 Å². The van der Waals surface area contributed by atoms with Crippen LogP contribution in [-0.4, -0.2) is 16.0 Å². The van der Waals surface area contributed by atoms with Crippen molar-refractivity contribution in [3.05, 3.63) is 65.2 Å². The molecular formula is C15H14O3. The van der Waals surface area contributed by atoms with E-state index in [1.165, 1.54) is 18.2 Å². The van der Waals surface area contributed by atoms with E-state index >= 15 is 0 Å². The molecule has 3 nitrogen and oxygen atoms in total. The van der Waals surface area contributed by atoms with E-state index in [2.05, 4.69) is 0 Å². The third-order valence-corrected chi connectivity index (χ3v) is 2.84. The molecule has 0 aromatic heterocycles. The molecule has 18 heavy (non-hydrogen) atoms. The molecule has 3 heteroatoms. The zero-order chi connectivity index (χ0) is 13.1. The first-order valence-electron chi connectivity index (χ1n) is 5.66. The van der Waals surface area contributed by atoms with Crippen LogP contribution in [0.5, 0.6) is 5.75 Å². The van der Waals surface area contributed by atoms with Gasteiger partial charge in [-0.2, -0.15) is 0 Å². The van der Waals surface area contributed by atoms with Gasteiger partial charge in [-0.25, -0.2) is 0 Å². The maximum atomic E-state index is 12.1. The Bertz CT molecular complexity index is 561. The van der Waals surface area contributed by atoms with Gasteiger partial charge in [-0.1, -0.05) is 30.3 Å². The quantitative estimate of drug-likeness (QED) is 0.813. The fourth-order valence-corrected chi connectivity index (χ4v) is 1.86. The number of rotatable bonds is 3. The molecule has 92 valence electrons. The molecule has 0 amide bonds. The number of hydrogen-bond acceptors (Lipinski definition) is 3. The number of ketones is 1. The number of aryl methyl sites for hydroxylation is 1. The highest BCUT2D eigenvalue weighted by molar-refractivity contribution is 6.01. The van der Waals surface area contributed by atoms with E-state index in [1.807, 2.05) is 6.07 Å². The van der Waals surface area contributed by atoms with Gasteiger partial charge in [0.25, 0.3) is 0 Å². The largest absolute Gasteiger partial charge is 0.508 e. The Morgan fingerprint density at radius 3 is 2.39 bits per heavy atom. The Morgan fingerprint density at radius 2 is 1.78 bits per heavy atom. The fraction of sp³-hybridized carbons (Fsp3) is 0.133. The summed E-state index contributed by atoms with van der Waals surface area (Å²) in [6.45, 7) is 1.73. The first-order chi connectivity index (χ1) is 8.59. The van der Waals surface area contributed by atoms with Gasteiger partial charge in [-0.15, -0.1) is 0 Å². The topological polar surface area (TPSA) is 57.5 Å². The smallest absolute Gasteiger partial charge is 0.196 e. The van der Waals surface area contributed by atoms with Crippen molar-refractivity contribution in [1.29, 1.82) is 0 Å². The monoisotopic (exact) mass is 242 g/mol. The number of hydrogen-bond donors (Lipinski definition) is 2. The number of Topliss-reactive ketones (excluding diaryl/α,β-unsaturated/α-hetero) is 1. The Labute approximate surface area is 105 Å². The van der Waals surface area contributed by atoms with Crippen LogP contribution in [0, 0.1) is 6.92 Å². The van der Waals surface area contributed by atoms with Crippen LogP contribution in [0.1, 0.15) is 27.6 Å². The van der Waals surface area contributed by atoms with Gasteiger partial charge in [-0.05, 0) is 36.2 Å². The normalized spacial score (nSPS) is 12.1. The summed E-state index contributed by atoms with van der Waals surface area (Å²) in [4.78, 5) is 12.1. The minimum absolute atomic E-state index is 0.109. The van der Waals surface area contributed by atoms with Crippen molar-refractivity contribution in [3.63, 3.8) is 0 Å². The van der Waals surface area contributed by atoms with E-state index in [0.717, 1.165) is 0 Å². The lowest BCUT2D eigenvalue weighted by molar-refractivity contribution is 0.0747. The van der Waals surface area contributed by atoms with Crippen LogP contribution in [0.25, 0.3) is 0 Å². The van der Waals surface area contributed by atoms with Gasteiger partial charge >= 0.3 is 0 Å². The van der Waals surface area contributed by atoms with Gasteiger partial charge < -0.3 is 10.2 Å². The summed E-state index contributed by atoms with van der Waals surface area (Å²) in [5, 5.41) is 19.3. The summed E-state index contributed by atoms with van der Waals surface area (Å²) in [5.74, 6) is -0.253. The number of carbonyl (C=O) groups excluding carboxylic acids is 1. The molecule has 2 rings (SSSR count). The van der Waals surface area contributed by atoms with Gasteiger partial charge in [0.1, 0.15) is 11.9 Å². The van der Waals surface area contributed by atoms with Crippen LogP contribution < -0.4 is 0 Å². The van der Waals surface area contributed by atoms with Crippen molar-refractivity contribution in [2.45, 2.75) is 13.0 Å². The predicted molar refractivity (Wildman–Crippen MR) is 68.6 cm³/mol. The molecule has 0 saturated heterocycles. The number of phenolic OH excluding ortho intramolecular Hbond substituents is 1. The van der Waals surface area contributed by atoms with Crippen molar-refractivity contribution in [1.82, 2.24) is 0 Å². The van der Waals surface area contributed by atoms with Crippen molar-refractivity contribution >= 4 is 5.78 Å². The second-order valence-corrected chi connectivity index (χ2v) is 4.18. The molecule has 0 bridgehead atoms. The molecule has 0 aliphatic heterocycles. The molecule has 2 aromatic carbocycles. The van der Waals surface area contributed by atoms with Crippen LogP contribution in [0.4, 0.5) is 0 Å². The van der Waals surface area contributed by atoms with E-state index in [0.29, 0.717) is 16.7 Å². The average molecular weight is 242 g/mol. The molecule has 2 aromatic rings. The summed E-state index contributed by atoms with van der Waals surface area (Å²) in [6.07, 6.45) is -1.17. The number of aliphatic hydroxyl groups excluding tert-OH is 1. The zero-order valence-electron chi connectivity index (χ0n) is 10.00. The molecular weight excluding hydrogens is 228 g/mol. The van der Waals surface area contributed by atoms with Crippen LogP contribution in [-0.2, 0) is 0 Å². The van der Waals surface area contributed by atoms with E-state index in [1.54, 1.807) is 31.2 Å². The molecule has 0 aliphatic rings. The highest BCUT2D eigenvalue weighted by Crippen LogP contribution is 2.22. The second-order valence-electron chi connectivity index (χ2n) is 4.18. The van der Waals surface area contributed by atoms with E-state index in [-0.39, 0.29) is 11.5 Å². The predicted octanol–water partition coefficient (Wildman–Crippen LogP) is 2.62. The van der Waals surface area contributed by atoms with Crippen LogP contribution in [0.2, 0.25) is 0 Å². The number of phenols is 1. The molecule has 0 aliphatic carbocycles. The molecule has 0 spiro atoms. The van der Waals surface area contributed by atoms with Crippen molar-refractivity contribution in [2.24, 2.45) is 0 Å². The molecule has 1 unspecified atom stereocenters. The lowest BCUT2D eigenvalue weighted by atomic mass is 9.97. The lowest BCUT2D eigenvalue weighted by Crippen LogP contribution is -2.13. The maximum Gasteiger partial charge on any atom is 0.196 e. The Kier molecular flexibility index (Phi) is 3.44. The summed E-state index contributed by atoms with van der Waals surface area (Å²) >= 11 is 0. The van der Waals surface area contributed by atoms with E-state index in [4.69, 9.17) is 0 Å². The first-order valence-corrected chi connectivity index (χ1v) is 5.66. The summed E-state index contributed by atoms with van der Waals surface area (Å²) in [5.41, 5.74) is 1.63. The molecule has 0 saturated carbocycles. The number of carbonyl (C=O) groups is 1. The van der Waals surface area contributed by atoms with Gasteiger partial charge in [0, 0.05) is 5.56 Å². The standard InChI is InChI=1S/C15H14O3/c1-10-9-12(16)7-8-13(10)15(18)14(17)11-5-3-2-4-6-11/h2-9,14,16-17H,1H3.